The third kappa shape index (κ3) is 2.20. The minimum Gasteiger partial charge on any atom is -0.326 e. The zero-order chi connectivity index (χ0) is 14.1. The van der Waals surface area contributed by atoms with Crippen molar-refractivity contribution in [2.24, 2.45) is 5.84 Å². The van der Waals surface area contributed by atoms with Crippen molar-refractivity contribution in [1.29, 1.82) is 0 Å². The standard InChI is InChI=1S/C15H19N5/c1-10-5-6-13-12(8-10)4-3-7-20(13)14-11(2)9-17-15(18-14)19-16/h5-6,8-9H,3-4,7,16H2,1-2H3,(H,17,18,19). The van der Waals surface area contributed by atoms with E-state index in [9.17, 15) is 0 Å². The van der Waals surface area contributed by atoms with E-state index in [1.807, 2.05) is 6.92 Å². The molecule has 0 saturated carbocycles. The maximum atomic E-state index is 5.42. The summed E-state index contributed by atoms with van der Waals surface area (Å²) in [6, 6.07) is 6.59. The van der Waals surface area contributed by atoms with Crippen molar-refractivity contribution in [3.63, 3.8) is 0 Å². The Balaban J connectivity index is 2.08. The minimum atomic E-state index is 0.449. The van der Waals surface area contributed by atoms with Crippen LogP contribution in [0.1, 0.15) is 23.1 Å². The molecule has 5 heteroatoms. The molecule has 0 fully saturated rings. The Labute approximate surface area is 118 Å². The Morgan fingerprint density at radius 1 is 1.30 bits per heavy atom. The minimum absolute atomic E-state index is 0.449. The predicted molar refractivity (Wildman–Crippen MR) is 81.1 cm³/mol. The van der Waals surface area contributed by atoms with Crippen molar-refractivity contribution >= 4 is 17.5 Å². The molecule has 0 radical (unpaired) electrons. The normalized spacial score (nSPS) is 14.1. The van der Waals surface area contributed by atoms with E-state index in [0.29, 0.717) is 5.95 Å². The summed E-state index contributed by atoms with van der Waals surface area (Å²) < 4.78 is 0. The van der Waals surface area contributed by atoms with Gasteiger partial charge in [-0.05, 0) is 38.3 Å². The Kier molecular flexibility index (Phi) is 3.28. The average molecular weight is 269 g/mol. The van der Waals surface area contributed by atoms with E-state index in [1.54, 1.807) is 6.20 Å². The highest BCUT2D eigenvalue weighted by Crippen LogP contribution is 2.34. The molecule has 0 spiro atoms. The average Bonchev–Trinajstić information content (AvgIpc) is 2.47. The fourth-order valence-electron chi connectivity index (χ4n) is 2.72. The Morgan fingerprint density at radius 3 is 2.95 bits per heavy atom. The van der Waals surface area contributed by atoms with E-state index in [1.165, 1.54) is 16.8 Å². The molecule has 20 heavy (non-hydrogen) atoms. The number of nitrogens with two attached hydrogens (primary N) is 1. The molecule has 0 saturated heterocycles. The van der Waals surface area contributed by atoms with Gasteiger partial charge in [0.1, 0.15) is 5.82 Å². The van der Waals surface area contributed by atoms with Crippen LogP contribution in [-0.2, 0) is 6.42 Å². The molecule has 104 valence electrons. The number of hydrogen-bond donors (Lipinski definition) is 2. The molecular weight excluding hydrogens is 250 g/mol. The van der Waals surface area contributed by atoms with Gasteiger partial charge in [0, 0.05) is 24.0 Å². The zero-order valence-corrected chi connectivity index (χ0v) is 11.8. The quantitative estimate of drug-likeness (QED) is 0.647. The Hall–Kier alpha value is -2.14. The van der Waals surface area contributed by atoms with E-state index >= 15 is 0 Å². The molecule has 1 aliphatic heterocycles. The number of hydrogen-bond acceptors (Lipinski definition) is 5. The van der Waals surface area contributed by atoms with Gasteiger partial charge in [-0.1, -0.05) is 17.7 Å². The molecule has 5 nitrogen and oxygen atoms in total. The van der Waals surface area contributed by atoms with Crippen LogP contribution in [-0.4, -0.2) is 16.5 Å². The third-order valence-electron chi connectivity index (χ3n) is 3.68. The summed E-state index contributed by atoms with van der Waals surface area (Å²) in [4.78, 5) is 10.9. The largest absolute Gasteiger partial charge is 0.326 e. The molecule has 2 aromatic rings. The van der Waals surface area contributed by atoms with Gasteiger partial charge in [0.25, 0.3) is 0 Å². The molecule has 1 aliphatic rings. The summed E-state index contributed by atoms with van der Waals surface area (Å²) in [5.41, 5.74) is 7.50. The van der Waals surface area contributed by atoms with Crippen LogP contribution in [0.5, 0.6) is 0 Å². The summed E-state index contributed by atoms with van der Waals surface area (Å²) in [5, 5.41) is 0. The van der Waals surface area contributed by atoms with Gasteiger partial charge in [-0.25, -0.2) is 10.8 Å². The molecule has 3 rings (SSSR count). The number of fused-ring (bicyclic) bond motifs is 1. The van der Waals surface area contributed by atoms with E-state index in [4.69, 9.17) is 5.84 Å². The second-order valence-corrected chi connectivity index (χ2v) is 5.23. The maximum Gasteiger partial charge on any atom is 0.239 e. The van der Waals surface area contributed by atoms with E-state index < -0.39 is 0 Å². The Morgan fingerprint density at radius 2 is 2.15 bits per heavy atom. The molecular formula is C15H19N5. The monoisotopic (exact) mass is 269 g/mol. The molecule has 0 amide bonds. The number of rotatable bonds is 2. The fourth-order valence-corrected chi connectivity index (χ4v) is 2.72. The number of benzene rings is 1. The van der Waals surface area contributed by atoms with E-state index in [2.05, 4.69) is 45.4 Å². The van der Waals surface area contributed by atoms with Gasteiger partial charge in [0.15, 0.2) is 0 Å². The van der Waals surface area contributed by atoms with Gasteiger partial charge in [-0.15, -0.1) is 0 Å². The van der Waals surface area contributed by atoms with Gasteiger partial charge < -0.3 is 4.90 Å². The zero-order valence-electron chi connectivity index (χ0n) is 11.8. The van der Waals surface area contributed by atoms with Crippen molar-refractivity contribution in [2.75, 3.05) is 16.9 Å². The molecule has 0 aliphatic carbocycles. The first kappa shape index (κ1) is 12.9. The lowest BCUT2D eigenvalue weighted by atomic mass is 9.99. The number of aryl methyl sites for hydroxylation is 3. The predicted octanol–water partition coefficient (Wildman–Crippen LogP) is 2.46. The number of nitrogens with zero attached hydrogens (tertiary/aromatic N) is 3. The summed E-state index contributed by atoms with van der Waals surface area (Å²) in [5.74, 6) is 6.80. The molecule has 2 heterocycles. The van der Waals surface area contributed by atoms with Crippen molar-refractivity contribution in [3.8, 4) is 0 Å². The lowest BCUT2D eigenvalue weighted by molar-refractivity contribution is 0.755. The van der Waals surface area contributed by atoms with Crippen molar-refractivity contribution < 1.29 is 0 Å². The van der Waals surface area contributed by atoms with Gasteiger partial charge in [0.05, 0.1) is 0 Å². The highest BCUT2D eigenvalue weighted by atomic mass is 15.3. The molecule has 0 bridgehead atoms. The fraction of sp³-hybridized carbons (Fsp3) is 0.333. The van der Waals surface area contributed by atoms with Crippen molar-refractivity contribution in [3.05, 3.63) is 41.1 Å². The van der Waals surface area contributed by atoms with Crippen LogP contribution in [0.4, 0.5) is 17.5 Å². The summed E-state index contributed by atoms with van der Waals surface area (Å²) in [7, 11) is 0. The van der Waals surface area contributed by atoms with Crippen LogP contribution in [0.3, 0.4) is 0 Å². The van der Waals surface area contributed by atoms with Crippen molar-refractivity contribution in [1.82, 2.24) is 9.97 Å². The second-order valence-electron chi connectivity index (χ2n) is 5.23. The van der Waals surface area contributed by atoms with Gasteiger partial charge in [-0.2, -0.15) is 4.98 Å². The first-order chi connectivity index (χ1) is 9.69. The topological polar surface area (TPSA) is 67.1 Å². The molecule has 1 aromatic heterocycles. The highest BCUT2D eigenvalue weighted by molar-refractivity contribution is 5.68. The van der Waals surface area contributed by atoms with E-state index in [0.717, 1.165) is 30.8 Å². The molecule has 1 aromatic carbocycles. The maximum absolute atomic E-state index is 5.42. The van der Waals surface area contributed by atoms with E-state index in [-0.39, 0.29) is 0 Å². The van der Waals surface area contributed by atoms with Crippen LogP contribution in [0.2, 0.25) is 0 Å². The van der Waals surface area contributed by atoms with Gasteiger partial charge >= 0.3 is 0 Å². The van der Waals surface area contributed by atoms with Crippen LogP contribution in [0, 0.1) is 13.8 Å². The Bertz CT molecular complexity index is 638. The molecule has 3 N–H and O–H groups in total. The van der Waals surface area contributed by atoms with Crippen LogP contribution >= 0.6 is 0 Å². The lowest BCUT2D eigenvalue weighted by Gasteiger charge is -2.31. The van der Waals surface area contributed by atoms with Crippen LogP contribution in [0.25, 0.3) is 0 Å². The lowest BCUT2D eigenvalue weighted by Crippen LogP contribution is -2.27. The number of nitrogen functional groups attached to an aromatic ring is 1. The third-order valence-corrected chi connectivity index (χ3v) is 3.68. The number of aromatic nitrogens is 2. The molecule has 0 atom stereocenters. The summed E-state index contributed by atoms with van der Waals surface area (Å²) >= 11 is 0. The summed E-state index contributed by atoms with van der Waals surface area (Å²) in [6.45, 7) is 5.13. The highest BCUT2D eigenvalue weighted by Gasteiger charge is 2.21. The first-order valence-electron chi connectivity index (χ1n) is 6.86. The van der Waals surface area contributed by atoms with Gasteiger partial charge in [-0.3, -0.25) is 5.43 Å². The number of nitrogens with one attached hydrogen (secondary N) is 1. The van der Waals surface area contributed by atoms with Crippen LogP contribution in [0.15, 0.2) is 24.4 Å². The number of anilines is 3. The summed E-state index contributed by atoms with van der Waals surface area (Å²) in [6.07, 6.45) is 4.06. The number of hydrazine groups is 1. The SMILES string of the molecule is Cc1ccc2c(c1)CCCN2c1nc(NN)ncc1C. The second kappa shape index (κ2) is 5.09. The van der Waals surface area contributed by atoms with Crippen molar-refractivity contribution in [2.45, 2.75) is 26.7 Å². The first-order valence-corrected chi connectivity index (χ1v) is 6.86. The van der Waals surface area contributed by atoms with Gasteiger partial charge in [0.2, 0.25) is 5.95 Å². The van der Waals surface area contributed by atoms with Crippen LogP contribution < -0.4 is 16.2 Å². The smallest absolute Gasteiger partial charge is 0.239 e. The molecule has 0 unspecified atom stereocenters.